The molecule has 0 saturated carbocycles. The van der Waals surface area contributed by atoms with Gasteiger partial charge < -0.3 is 10.1 Å². The zero-order valence-electron chi connectivity index (χ0n) is 12.9. The van der Waals surface area contributed by atoms with Crippen LogP contribution in [0.15, 0.2) is 23.6 Å². The Morgan fingerprint density at radius 1 is 1.19 bits per heavy atom. The number of rotatable bonds is 5. The smallest absolute Gasteiger partial charge is 0.261 e. The van der Waals surface area contributed by atoms with E-state index in [1.807, 2.05) is 18.4 Å². The van der Waals surface area contributed by atoms with Gasteiger partial charge in [0.1, 0.15) is 12.4 Å². The predicted molar refractivity (Wildman–Crippen MR) is 87.3 cm³/mol. The van der Waals surface area contributed by atoms with Crippen molar-refractivity contribution in [3.8, 4) is 5.75 Å². The van der Waals surface area contributed by atoms with Gasteiger partial charge in [0.15, 0.2) is 0 Å². The van der Waals surface area contributed by atoms with Crippen molar-refractivity contribution in [1.82, 2.24) is 5.32 Å². The third-order valence-corrected chi connectivity index (χ3v) is 4.18. The number of carbonyl (C=O) groups excluding carboxylic acids is 1. The molecule has 0 bridgehead atoms. The molecule has 0 aliphatic carbocycles. The molecule has 1 aromatic heterocycles. The Morgan fingerprint density at radius 3 is 2.48 bits per heavy atom. The van der Waals surface area contributed by atoms with Gasteiger partial charge >= 0.3 is 0 Å². The molecule has 0 atom stereocenters. The van der Waals surface area contributed by atoms with E-state index in [9.17, 15) is 4.79 Å². The topological polar surface area (TPSA) is 38.3 Å². The number of aryl methyl sites for hydroxylation is 3. The maximum absolute atomic E-state index is 11.7. The van der Waals surface area contributed by atoms with Crippen LogP contribution in [0.4, 0.5) is 0 Å². The Hall–Kier alpha value is -1.81. The van der Waals surface area contributed by atoms with E-state index in [0.29, 0.717) is 13.2 Å². The number of ether oxygens (including phenoxy) is 1. The molecule has 0 saturated heterocycles. The van der Waals surface area contributed by atoms with E-state index in [0.717, 1.165) is 27.3 Å². The fourth-order valence-electron chi connectivity index (χ4n) is 2.37. The summed E-state index contributed by atoms with van der Waals surface area (Å²) in [6, 6.07) is 6.14. The van der Waals surface area contributed by atoms with Gasteiger partial charge in [-0.15, -0.1) is 11.3 Å². The largest absolute Gasteiger partial charge is 0.488 e. The molecule has 0 spiro atoms. The molecule has 1 N–H and O–H groups in total. The highest BCUT2D eigenvalue weighted by Crippen LogP contribution is 2.26. The summed E-state index contributed by atoms with van der Waals surface area (Å²) in [5.74, 6) is 0.919. The highest BCUT2D eigenvalue weighted by Gasteiger charge is 2.10. The van der Waals surface area contributed by atoms with E-state index >= 15 is 0 Å². The highest BCUT2D eigenvalue weighted by molar-refractivity contribution is 7.12. The van der Waals surface area contributed by atoms with Crippen LogP contribution in [-0.4, -0.2) is 12.5 Å². The Morgan fingerprint density at radius 2 is 1.86 bits per heavy atom. The van der Waals surface area contributed by atoms with Gasteiger partial charge in [-0.25, -0.2) is 0 Å². The molecule has 1 heterocycles. The van der Waals surface area contributed by atoms with Gasteiger partial charge in [0, 0.05) is 12.1 Å². The average molecular weight is 303 g/mol. The summed E-state index contributed by atoms with van der Waals surface area (Å²) in [6.07, 6.45) is 0. The third kappa shape index (κ3) is 3.85. The molecule has 0 aliphatic rings. The van der Waals surface area contributed by atoms with Gasteiger partial charge in [-0.1, -0.05) is 17.7 Å². The van der Waals surface area contributed by atoms with Crippen LogP contribution in [0.2, 0.25) is 0 Å². The minimum absolute atomic E-state index is 0.0172. The van der Waals surface area contributed by atoms with E-state index in [1.165, 1.54) is 16.9 Å². The van der Waals surface area contributed by atoms with E-state index < -0.39 is 0 Å². The molecule has 0 radical (unpaired) electrons. The lowest BCUT2D eigenvalue weighted by Gasteiger charge is -2.12. The summed E-state index contributed by atoms with van der Waals surface area (Å²) in [7, 11) is 0. The van der Waals surface area contributed by atoms with Gasteiger partial charge in [0.05, 0.1) is 4.88 Å². The third-order valence-electron chi connectivity index (χ3n) is 3.20. The van der Waals surface area contributed by atoms with E-state index in [1.54, 1.807) is 0 Å². The van der Waals surface area contributed by atoms with Crippen LogP contribution < -0.4 is 10.1 Å². The van der Waals surface area contributed by atoms with Crippen LogP contribution in [0.5, 0.6) is 5.75 Å². The number of benzene rings is 1. The van der Waals surface area contributed by atoms with Crippen LogP contribution in [0.25, 0.3) is 0 Å². The van der Waals surface area contributed by atoms with Crippen molar-refractivity contribution in [2.75, 3.05) is 6.54 Å². The summed E-state index contributed by atoms with van der Waals surface area (Å²) in [5, 5.41) is 4.78. The Bertz CT molecular complexity index is 623. The summed E-state index contributed by atoms with van der Waals surface area (Å²) in [5.41, 5.74) is 4.56. The molecule has 1 aromatic carbocycles. The SMILES string of the molecule is CCNC(=O)c1cc(COc2c(C)cc(C)cc2C)cs1. The van der Waals surface area contributed by atoms with Crippen molar-refractivity contribution >= 4 is 17.2 Å². The van der Waals surface area contributed by atoms with Crippen molar-refractivity contribution < 1.29 is 9.53 Å². The molecule has 2 aromatic rings. The molecule has 21 heavy (non-hydrogen) atoms. The molecule has 4 heteroatoms. The maximum atomic E-state index is 11.7. The van der Waals surface area contributed by atoms with Crippen LogP contribution in [0, 0.1) is 20.8 Å². The fourth-order valence-corrected chi connectivity index (χ4v) is 3.18. The molecular weight excluding hydrogens is 282 g/mol. The van der Waals surface area contributed by atoms with Crippen molar-refractivity contribution in [3.05, 3.63) is 50.7 Å². The molecular formula is C17H21NO2S. The molecule has 3 nitrogen and oxygen atoms in total. The van der Waals surface area contributed by atoms with Gasteiger partial charge in [0.2, 0.25) is 0 Å². The number of hydrogen-bond acceptors (Lipinski definition) is 3. The molecule has 0 unspecified atom stereocenters. The van der Waals surface area contributed by atoms with Crippen molar-refractivity contribution in [2.45, 2.75) is 34.3 Å². The van der Waals surface area contributed by atoms with Crippen molar-refractivity contribution in [2.24, 2.45) is 0 Å². The van der Waals surface area contributed by atoms with Gasteiger partial charge in [0.25, 0.3) is 5.91 Å². The zero-order valence-corrected chi connectivity index (χ0v) is 13.8. The standard InChI is InChI=1S/C17H21NO2S/c1-5-18-17(19)15-8-14(10-21-15)9-20-16-12(3)6-11(2)7-13(16)4/h6-8,10H,5,9H2,1-4H3,(H,18,19). The van der Waals surface area contributed by atoms with Crippen molar-refractivity contribution in [3.63, 3.8) is 0 Å². The van der Waals surface area contributed by atoms with Gasteiger partial charge in [-0.3, -0.25) is 4.79 Å². The average Bonchev–Trinajstić information content (AvgIpc) is 2.86. The predicted octanol–water partition coefficient (Wildman–Crippen LogP) is 4.00. The number of hydrogen-bond donors (Lipinski definition) is 1. The quantitative estimate of drug-likeness (QED) is 0.906. The monoisotopic (exact) mass is 303 g/mol. The second-order valence-corrected chi connectivity index (χ2v) is 6.11. The lowest BCUT2D eigenvalue weighted by molar-refractivity contribution is 0.0960. The van der Waals surface area contributed by atoms with Crippen LogP contribution in [0.3, 0.4) is 0 Å². The van der Waals surface area contributed by atoms with Crippen LogP contribution in [0.1, 0.15) is 38.8 Å². The first-order chi connectivity index (χ1) is 10.0. The molecule has 0 aliphatic heterocycles. The van der Waals surface area contributed by atoms with E-state index in [-0.39, 0.29) is 5.91 Å². The van der Waals surface area contributed by atoms with Gasteiger partial charge in [-0.2, -0.15) is 0 Å². The summed E-state index contributed by atoms with van der Waals surface area (Å²) in [6.45, 7) is 9.25. The number of nitrogens with one attached hydrogen (secondary N) is 1. The second kappa shape index (κ2) is 6.76. The van der Waals surface area contributed by atoms with E-state index in [4.69, 9.17) is 4.74 Å². The molecule has 0 fully saturated rings. The maximum Gasteiger partial charge on any atom is 0.261 e. The minimum atomic E-state index is -0.0172. The highest BCUT2D eigenvalue weighted by atomic mass is 32.1. The molecule has 1 amide bonds. The van der Waals surface area contributed by atoms with Crippen LogP contribution >= 0.6 is 11.3 Å². The van der Waals surface area contributed by atoms with Crippen LogP contribution in [-0.2, 0) is 6.61 Å². The van der Waals surface area contributed by atoms with E-state index in [2.05, 4.69) is 38.2 Å². The second-order valence-electron chi connectivity index (χ2n) is 5.20. The normalized spacial score (nSPS) is 10.5. The lowest BCUT2D eigenvalue weighted by Crippen LogP contribution is -2.21. The summed E-state index contributed by atoms with van der Waals surface area (Å²) < 4.78 is 5.94. The summed E-state index contributed by atoms with van der Waals surface area (Å²) in [4.78, 5) is 12.5. The Balaban J connectivity index is 2.06. The lowest BCUT2D eigenvalue weighted by atomic mass is 10.1. The zero-order chi connectivity index (χ0) is 15.4. The van der Waals surface area contributed by atoms with Gasteiger partial charge in [-0.05, 0) is 50.3 Å². The molecule has 112 valence electrons. The first-order valence-electron chi connectivity index (χ1n) is 7.07. The van der Waals surface area contributed by atoms with Crippen molar-refractivity contribution in [1.29, 1.82) is 0 Å². The summed E-state index contributed by atoms with van der Waals surface area (Å²) >= 11 is 1.45. The number of thiophene rings is 1. The fraction of sp³-hybridized carbons (Fsp3) is 0.353. The first kappa shape index (κ1) is 15.6. The first-order valence-corrected chi connectivity index (χ1v) is 7.95. The minimum Gasteiger partial charge on any atom is -0.488 e. The Kier molecular flexibility index (Phi) is 5.02. The molecule has 2 rings (SSSR count). The number of carbonyl (C=O) groups is 1. The number of amides is 1. The Labute approximate surface area is 130 Å².